The number of carbonyl (C=O) groups is 1. The van der Waals surface area contributed by atoms with E-state index in [2.05, 4.69) is 40.1 Å². The number of fused-ring (bicyclic) bond motifs is 1. The van der Waals surface area contributed by atoms with Gasteiger partial charge in [0.2, 0.25) is 5.91 Å². The van der Waals surface area contributed by atoms with Crippen molar-refractivity contribution in [2.75, 3.05) is 32.7 Å². The van der Waals surface area contributed by atoms with Crippen molar-refractivity contribution < 1.29 is 4.79 Å². The largest absolute Gasteiger partial charge is 0.341 e. The van der Waals surface area contributed by atoms with Gasteiger partial charge in [0.1, 0.15) is 0 Å². The van der Waals surface area contributed by atoms with Crippen molar-refractivity contribution in [3.05, 3.63) is 77.4 Å². The molecule has 3 aliphatic rings. The Morgan fingerprint density at radius 1 is 0.900 bits per heavy atom. The molecule has 3 nitrogen and oxygen atoms in total. The summed E-state index contributed by atoms with van der Waals surface area (Å²) in [5.41, 5.74) is 5.36. The minimum absolute atomic E-state index is 0.271. The van der Waals surface area contributed by atoms with Crippen molar-refractivity contribution in [2.45, 2.75) is 32.1 Å². The molecule has 2 heterocycles. The summed E-state index contributed by atoms with van der Waals surface area (Å²) in [6.45, 7) is 5.51. The third-order valence-electron chi connectivity index (χ3n) is 7.23. The Kier molecular flexibility index (Phi) is 5.72. The van der Waals surface area contributed by atoms with Gasteiger partial charge in [0.15, 0.2) is 0 Å². The fraction of sp³-hybridized carbons (Fsp3) is 0.444. The van der Waals surface area contributed by atoms with Crippen LogP contribution in [0.5, 0.6) is 0 Å². The van der Waals surface area contributed by atoms with Gasteiger partial charge >= 0.3 is 0 Å². The zero-order valence-electron chi connectivity index (χ0n) is 17.8. The van der Waals surface area contributed by atoms with Crippen molar-refractivity contribution in [3.63, 3.8) is 0 Å². The monoisotopic (exact) mass is 400 g/mol. The summed E-state index contributed by atoms with van der Waals surface area (Å²) >= 11 is 0. The zero-order valence-corrected chi connectivity index (χ0v) is 17.8. The minimum atomic E-state index is 0.271. The van der Waals surface area contributed by atoms with Crippen LogP contribution < -0.4 is 0 Å². The van der Waals surface area contributed by atoms with E-state index in [0.717, 1.165) is 31.5 Å². The predicted molar refractivity (Wildman–Crippen MR) is 122 cm³/mol. The highest BCUT2D eigenvalue weighted by molar-refractivity contribution is 5.80. The van der Waals surface area contributed by atoms with Crippen LogP contribution in [0.1, 0.15) is 36.0 Å². The highest BCUT2D eigenvalue weighted by atomic mass is 16.2. The van der Waals surface area contributed by atoms with E-state index < -0.39 is 0 Å². The van der Waals surface area contributed by atoms with Gasteiger partial charge in [-0.25, -0.2) is 0 Å². The highest BCUT2D eigenvalue weighted by Gasteiger charge is 2.40. The van der Waals surface area contributed by atoms with E-state index in [-0.39, 0.29) is 5.91 Å². The van der Waals surface area contributed by atoms with E-state index in [1.165, 1.54) is 49.2 Å². The number of hydrogen-bond acceptors (Lipinski definition) is 2. The van der Waals surface area contributed by atoms with E-state index in [1.807, 2.05) is 30.3 Å². The predicted octanol–water partition coefficient (Wildman–Crippen LogP) is 4.43. The highest BCUT2D eigenvalue weighted by Crippen LogP contribution is 2.43. The van der Waals surface area contributed by atoms with Gasteiger partial charge in [-0.3, -0.25) is 4.79 Å². The Labute approximate surface area is 180 Å². The lowest BCUT2D eigenvalue weighted by Gasteiger charge is -2.18. The maximum atomic E-state index is 12.8. The molecule has 2 fully saturated rings. The smallest absolute Gasteiger partial charge is 0.227 e. The number of hydrogen-bond donors (Lipinski definition) is 0. The van der Waals surface area contributed by atoms with Crippen LogP contribution in [0.15, 0.2) is 60.7 Å². The molecule has 0 aromatic heterocycles. The molecule has 2 atom stereocenters. The lowest BCUT2D eigenvalue weighted by molar-refractivity contribution is -0.129. The van der Waals surface area contributed by atoms with Crippen LogP contribution >= 0.6 is 0 Å². The van der Waals surface area contributed by atoms with Crippen molar-refractivity contribution in [2.24, 2.45) is 11.8 Å². The van der Waals surface area contributed by atoms with Crippen LogP contribution in [-0.4, -0.2) is 48.4 Å². The number of rotatable bonds is 6. The van der Waals surface area contributed by atoms with Gasteiger partial charge in [-0.1, -0.05) is 60.7 Å². The molecule has 0 radical (unpaired) electrons. The third kappa shape index (κ3) is 4.22. The molecule has 0 spiro atoms. The van der Waals surface area contributed by atoms with Crippen LogP contribution in [0, 0.1) is 11.8 Å². The molecule has 2 aromatic rings. The van der Waals surface area contributed by atoms with Gasteiger partial charge in [0, 0.05) is 25.6 Å². The summed E-state index contributed by atoms with van der Waals surface area (Å²) in [6.07, 6.45) is 7.92. The first kappa shape index (κ1) is 19.6. The molecule has 1 amide bonds. The molecule has 3 heteroatoms. The molecule has 5 rings (SSSR count). The van der Waals surface area contributed by atoms with E-state index >= 15 is 0 Å². The first-order chi connectivity index (χ1) is 14.8. The third-order valence-corrected chi connectivity index (χ3v) is 7.23. The van der Waals surface area contributed by atoms with Crippen molar-refractivity contribution >= 4 is 11.5 Å². The number of carbonyl (C=O) groups excluding carboxylic acids is 1. The average molecular weight is 401 g/mol. The molecule has 0 N–H and O–H groups in total. The Morgan fingerprint density at radius 2 is 1.67 bits per heavy atom. The van der Waals surface area contributed by atoms with Gasteiger partial charge < -0.3 is 9.80 Å². The van der Waals surface area contributed by atoms with Crippen LogP contribution in [0.2, 0.25) is 0 Å². The number of allylic oxidation sites excluding steroid dienone is 1. The summed E-state index contributed by atoms with van der Waals surface area (Å²) in [5, 5.41) is 0. The minimum Gasteiger partial charge on any atom is -0.341 e. The number of amides is 1. The van der Waals surface area contributed by atoms with Crippen LogP contribution in [-0.2, 0) is 17.6 Å². The lowest BCUT2D eigenvalue weighted by Crippen LogP contribution is -2.30. The fourth-order valence-electron chi connectivity index (χ4n) is 5.47. The fourth-order valence-corrected chi connectivity index (χ4v) is 5.47. The van der Waals surface area contributed by atoms with E-state index in [4.69, 9.17) is 0 Å². The maximum Gasteiger partial charge on any atom is 0.227 e. The second-order valence-electron chi connectivity index (χ2n) is 9.22. The van der Waals surface area contributed by atoms with Gasteiger partial charge in [0.05, 0.1) is 6.42 Å². The first-order valence-electron chi connectivity index (χ1n) is 11.6. The molecule has 156 valence electrons. The molecule has 1 aliphatic carbocycles. The molecule has 30 heavy (non-hydrogen) atoms. The number of likely N-dealkylation sites (tertiary alicyclic amines) is 2. The summed E-state index contributed by atoms with van der Waals surface area (Å²) < 4.78 is 0. The molecule has 0 unspecified atom stereocenters. The summed E-state index contributed by atoms with van der Waals surface area (Å²) in [5.74, 6) is 1.36. The number of benzene rings is 2. The molecular weight excluding hydrogens is 368 g/mol. The first-order valence-corrected chi connectivity index (χ1v) is 11.6. The quantitative estimate of drug-likeness (QED) is 0.716. The zero-order chi connectivity index (χ0) is 20.3. The second-order valence-corrected chi connectivity index (χ2v) is 9.22. The van der Waals surface area contributed by atoms with Gasteiger partial charge in [-0.15, -0.1) is 0 Å². The van der Waals surface area contributed by atoms with Crippen molar-refractivity contribution in [1.82, 2.24) is 9.80 Å². The Morgan fingerprint density at radius 3 is 2.43 bits per heavy atom. The van der Waals surface area contributed by atoms with Crippen LogP contribution in [0.4, 0.5) is 0 Å². The summed E-state index contributed by atoms with van der Waals surface area (Å²) in [6, 6.07) is 19.4. The summed E-state index contributed by atoms with van der Waals surface area (Å²) in [4.78, 5) is 17.5. The normalized spacial score (nSPS) is 23.6. The van der Waals surface area contributed by atoms with Crippen molar-refractivity contribution in [3.8, 4) is 0 Å². The van der Waals surface area contributed by atoms with Crippen LogP contribution in [0.3, 0.4) is 0 Å². The summed E-state index contributed by atoms with van der Waals surface area (Å²) in [7, 11) is 0. The Hall–Kier alpha value is -2.39. The average Bonchev–Trinajstić information content (AvgIpc) is 3.51. The molecular formula is C27H32N2O. The Bertz CT molecular complexity index is 896. The molecule has 2 aromatic carbocycles. The van der Waals surface area contributed by atoms with Gasteiger partial charge in [0.25, 0.3) is 0 Å². The van der Waals surface area contributed by atoms with Gasteiger partial charge in [-0.2, -0.15) is 0 Å². The SMILES string of the molecule is O=C(Cc1ccccc1)N1C[C@H]2CC=C(c3ccc(CCN4CCCC4)cc3)[C@H]2C1. The van der Waals surface area contributed by atoms with E-state index in [9.17, 15) is 4.79 Å². The van der Waals surface area contributed by atoms with Crippen molar-refractivity contribution in [1.29, 1.82) is 0 Å². The second kappa shape index (κ2) is 8.77. The molecule has 2 aliphatic heterocycles. The maximum absolute atomic E-state index is 12.8. The molecule has 0 bridgehead atoms. The number of nitrogens with zero attached hydrogens (tertiary/aromatic N) is 2. The topological polar surface area (TPSA) is 23.6 Å². The molecule has 2 saturated heterocycles. The molecule has 0 saturated carbocycles. The van der Waals surface area contributed by atoms with E-state index in [1.54, 1.807) is 0 Å². The van der Waals surface area contributed by atoms with Crippen LogP contribution in [0.25, 0.3) is 5.57 Å². The van der Waals surface area contributed by atoms with Gasteiger partial charge in [-0.05, 0) is 67.0 Å². The lowest BCUT2D eigenvalue weighted by atomic mass is 9.90. The standard InChI is InChI=1S/C27H32N2O/c30-27(18-22-6-2-1-3-7-22)29-19-24-12-13-25(26(24)20-29)23-10-8-21(9-11-23)14-17-28-15-4-5-16-28/h1-3,6-11,13,24,26H,4-5,12,14-20H2/t24-,26+/m1/s1. The van der Waals surface area contributed by atoms with E-state index in [0.29, 0.717) is 18.3 Å². The Balaban J connectivity index is 1.19.